The standard InChI is InChI=1S/C14H18N4O/c1-3-10-4-6-11(7-5-10)9-16-12-8-13(19-2)18-14(15)17-12/h4-8H,3,9H2,1-2H3,(H3,15,16,17,18). The minimum atomic E-state index is 0.197. The zero-order valence-corrected chi connectivity index (χ0v) is 11.2. The Kier molecular flexibility index (Phi) is 4.18. The summed E-state index contributed by atoms with van der Waals surface area (Å²) in [4.78, 5) is 8.04. The summed E-state index contributed by atoms with van der Waals surface area (Å²) < 4.78 is 5.05. The molecule has 0 radical (unpaired) electrons. The van der Waals surface area contributed by atoms with Crippen molar-refractivity contribution in [2.24, 2.45) is 0 Å². The number of nitrogens with zero attached hydrogens (tertiary/aromatic N) is 2. The highest BCUT2D eigenvalue weighted by molar-refractivity contribution is 5.43. The molecule has 1 heterocycles. The van der Waals surface area contributed by atoms with Gasteiger partial charge in [-0.25, -0.2) is 0 Å². The molecule has 0 saturated carbocycles. The van der Waals surface area contributed by atoms with Crippen LogP contribution in [0.2, 0.25) is 0 Å². The van der Waals surface area contributed by atoms with Gasteiger partial charge in [-0.1, -0.05) is 31.2 Å². The van der Waals surface area contributed by atoms with E-state index in [0.717, 1.165) is 6.42 Å². The van der Waals surface area contributed by atoms with Gasteiger partial charge in [0.1, 0.15) is 5.82 Å². The SMILES string of the molecule is CCc1ccc(CNc2cc(OC)nc(N)n2)cc1. The predicted octanol–water partition coefficient (Wildman–Crippen LogP) is 2.24. The molecular weight excluding hydrogens is 240 g/mol. The zero-order valence-electron chi connectivity index (χ0n) is 11.2. The monoisotopic (exact) mass is 258 g/mol. The Morgan fingerprint density at radius 3 is 2.47 bits per heavy atom. The van der Waals surface area contributed by atoms with Crippen molar-refractivity contribution in [3.63, 3.8) is 0 Å². The number of nitrogen functional groups attached to an aromatic ring is 1. The highest BCUT2D eigenvalue weighted by Crippen LogP contribution is 2.15. The van der Waals surface area contributed by atoms with Crippen LogP contribution in [0.4, 0.5) is 11.8 Å². The van der Waals surface area contributed by atoms with E-state index in [1.165, 1.54) is 11.1 Å². The Morgan fingerprint density at radius 2 is 1.84 bits per heavy atom. The topological polar surface area (TPSA) is 73.1 Å². The molecule has 0 bridgehead atoms. The maximum Gasteiger partial charge on any atom is 0.225 e. The van der Waals surface area contributed by atoms with Crippen LogP contribution in [0.1, 0.15) is 18.1 Å². The van der Waals surface area contributed by atoms with Gasteiger partial charge in [0.05, 0.1) is 7.11 Å². The number of hydrogen-bond acceptors (Lipinski definition) is 5. The molecule has 3 N–H and O–H groups in total. The minimum Gasteiger partial charge on any atom is -0.481 e. The van der Waals surface area contributed by atoms with E-state index in [0.29, 0.717) is 18.2 Å². The van der Waals surface area contributed by atoms with Gasteiger partial charge in [-0.3, -0.25) is 0 Å². The van der Waals surface area contributed by atoms with E-state index in [9.17, 15) is 0 Å². The molecule has 2 aromatic rings. The third-order valence-electron chi connectivity index (χ3n) is 2.83. The largest absolute Gasteiger partial charge is 0.481 e. The lowest BCUT2D eigenvalue weighted by Gasteiger charge is -2.08. The van der Waals surface area contributed by atoms with Gasteiger partial charge in [-0.2, -0.15) is 9.97 Å². The fraction of sp³-hybridized carbons (Fsp3) is 0.286. The van der Waals surface area contributed by atoms with Gasteiger partial charge in [0.2, 0.25) is 11.8 Å². The van der Waals surface area contributed by atoms with Crippen molar-refractivity contribution in [3.05, 3.63) is 41.5 Å². The molecule has 5 nitrogen and oxygen atoms in total. The number of ether oxygens (including phenoxy) is 1. The molecular formula is C14H18N4O. The first kappa shape index (κ1) is 13.1. The molecule has 0 aliphatic heterocycles. The number of methoxy groups -OCH3 is 1. The van der Waals surface area contributed by atoms with Crippen LogP contribution in [0.5, 0.6) is 5.88 Å². The van der Waals surface area contributed by atoms with Gasteiger partial charge in [0.25, 0.3) is 0 Å². The molecule has 0 spiro atoms. The van der Waals surface area contributed by atoms with Crippen LogP contribution in [-0.4, -0.2) is 17.1 Å². The van der Waals surface area contributed by atoms with Crippen LogP contribution in [0.25, 0.3) is 0 Å². The van der Waals surface area contributed by atoms with E-state index in [1.54, 1.807) is 13.2 Å². The number of benzene rings is 1. The minimum absolute atomic E-state index is 0.197. The number of aromatic nitrogens is 2. The summed E-state index contributed by atoms with van der Waals surface area (Å²) in [7, 11) is 1.55. The second-order valence-corrected chi connectivity index (χ2v) is 4.18. The Morgan fingerprint density at radius 1 is 1.16 bits per heavy atom. The van der Waals surface area contributed by atoms with Crippen LogP contribution >= 0.6 is 0 Å². The Labute approximate surface area is 112 Å². The maximum absolute atomic E-state index is 5.60. The second-order valence-electron chi connectivity index (χ2n) is 4.18. The van der Waals surface area contributed by atoms with Gasteiger partial charge in [0, 0.05) is 12.6 Å². The molecule has 100 valence electrons. The smallest absolute Gasteiger partial charge is 0.225 e. The van der Waals surface area contributed by atoms with Crippen molar-refractivity contribution in [2.75, 3.05) is 18.2 Å². The van der Waals surface area contributed by atoms with Crippen molar-refractivity contribution in [3.8, 4) is 5.88 Å². The first-order valence-electron chi connectivity index (χ1n) is 6.21. The first-order chi connectivity index (χ1) is 9.21. The Bertz CT molecular complexity index is 540. The average molecular weight is 258 g/mol. The van der Waals surface area contributed by atoms with E-state index >= 15 is 0 Å². The zero-order chi connectivity index (χ0) is 13.7. The molecule has 0 saturated heterocycles. The van der Waals surface area contributed by atoms with Crippen molar-refractivity contribution < 1.29 is 4.74 Å². The van der Waals surface area contributed by atoms with Gasteiger partial charge >= 0.3 is 0 Å². The van der Waals surface area contributed by atoms with Gasteiger partial charge in [0.15, 0.2) is 0 Å². The molecule has 0 aliphatic carbocycles. The van der Waals surface area contributed by atoms with Crippen LogP contribution < -0.4 is 15.8 Å². The van der Waals surface area contributed by atoms with Crippen LogP contribution in [0.15, 0.2) is 30.3 Å². The molecule has 0 atom stereocenters. The van der Waals surface area contributed by atoms with Crippen LogP contribution in [0, 0.1) is 0 Å². The van der Waals surface area contributed by atoms with Crippen molar-refractivity contribution >= 4 is 11.8 Å². The van der Waals surface area contributed by atoms with E-state index < -0.39 is 0 Å². The number of anilines is 2. The summed E-state index contributed by atoms with van der Waals surface area (Å²) >= 11 is 0. The molecule has 2 rings (SSSR count). The summed E-state index contributed by atoms with van der Waals surface area (Å²) in [6, 6.07) is 10.2. The van der Waals surface area contributed by atoms with Crippen molar-refractivity contribution in [2.45, 2.75) is 19.9 Å². The lowest BCUT2D eigenvalue weighted by atomic mass is 10.1. The van der Waals surface area contributed by atoms with E-state index in [2.05, 4.69) is 46.5 Å². The molecule has 1 aromatic heterocycles. The van der Waals surface area contributed by atoms with Crippen LogP contribution in [0.3, 0.4) is 0 Å². The molecule has 0 amide bonds. The van der Waals surface area contributed by atoms with Crippen LogP contribution in [-0.2, 0) is 13.0 Å². The Hall–Kier alpha value is -2.30. The average Bonchev–Trinajstić information content (AvgIpc) is 2.45. The second kappa shape index (κ2) is 6.04. The van der Waals surface area contributed by atoms with E-state index in [1.807, 2.05) is 0 Å². The van der Waals surface area contributed by atoms with Crippen molar-refractivity contribution in [1.29, 1.82) is 0 Å². The Balaban J connectivity index is 2.03. The van der Waals surface area contributed by atoms with E-state index in [4.69, 9.17) is 10.5 Å². The van der Waals surface area contributed by atoms with Gasteiger partial charge < -0.3 is 15.8 Å². The molecule has 5 heteroatoms. The van der Waals surface area contributed by atoms with E-state index in [-0.39, 0.29) is 5.95 Å². The normalized spacial score (nSPS) is 10.2. The summed E-state index contributed by atoms with van der Waals surface area (Å²) in [5.41, 5.74) is 8.12. The maximum atomic E-state index is 5.60. The summed E-state index contributed by atoms with van der Waals surface area (Å²) in [6.45, 7) is 2.83. The first-order valence-corrected chi connectivity index (χ1v) is 6.21. The molecule has 1 aromatic carbocycles. The lowest BCUT2D eigenvalue weighted by molar-refractivity contribution is 0.398. The number of rotatable bonds is 5. The van der Waals surface area contributed by atoms with Gasteiger partial charge in [-0.15, -0.1) is 0 Å². The molecule has 0 aliphatic rings. The summed E-state index contributed by atoms with van der Waals surface area (Å²) in [6.07, 6.45) is 1.05. The van der Waals surface area contributed by atoms with Gasteiger partial charge in [-0.05, 0) is 17.5 Å². The quantitative estimate of drug-likeness (QED) is 0.860. The highest BCUT2D eigenvalue weighted by Gasteiger charge is 2.02. The fourth-order valence-electron chi connectivity index (χ4n) is 1.72. The molecule has 19 heavy (non-hydrogen) atoms. The fourth-order valence-corrected chi connectivity index (χ4v) is 1.72. The number of aryl methyl sites for hydroxylation is 1. The molecule has 0 fully saturated rings. The number of hydrogen-bond donors (Lipinski definition) is 2. The molecule has 0 unspecified atom stereocenters. The third-order valence-corrected chi connectivity index (χ3v) is 2.83. The predicted molar refractivity (Wildman–Crippen MR) is 76.1 cm³/mol. The third kappa shape index (κ3) is 3.58. The number of nitrogens with one attached hydrogen (secondary N) is 1. The summed E-state index contributed by atoms with van der Waals surface area (Å²) in [5.74, 6) is 1.31. The highest BCUT2D eigenvalue weighted by atomic mass is 16.5. The lowest BCUT2D eigenvalue weighted by Crippen LogP contribution is -2.05. The number of nitrogens with two attached hydrogens (primary N) is 1. The van der Waals surface area contributed by atoms with Crippen molar-refractivity contribution in [1.82, 2.24) is 9.97 Å². The summed E-state index contributed by atoms with van der Waals surface area (Å²) in [5, 5.41) is 3.20.